The van der Waals surface area contributed by atoms with Crippen LogP contribution < -0.4 is 19.5 Å². The molecule has 0 atom stereocenters. The van der Waals surface area contributed by atoms with Crippen LogP contribution in [0.5, 0.6) is 17.4 Å². The minimum absolute atomic E-state index is 0.00977. The molecule has 26 heavy (non-hydrogen) atoms. The van der Waals surface area contributed by atoms with Gasteiger partial charge in [0.2, 0.25) is 5.88 Å². The second-order valence-corrected chi connectivity index (χ2v) is 5.37. The molecular weight excluding hydrogens is 342 g/mol. The van der Waals surface area contributed by atoms with Crippen LogP contribution in [0.1, 0.15) is 23.7 Å². The average molecular weight is 359 g/mol. The summed E-state index contributed by atoms with van der Waals surface area (Å²) in [7, 11) is 0. The van der Waals surface area contributed by atoms with Crippen LogP contribution in [0.15, 0.2) is 30.5 Å². The summed E-state index contributed by atoms with van der Waals surface area (Å²) in [6, 6.07) is 5.76. The number of rotatable bonds is 5. The minimum Gasteiger partial charge on any atom is -0.489 e. The highest BCUT2D eigenvalue weighted by molar-refractivity contribution is 6.07. The number of pyridine rings is 1. The SMILES string of the molecule is CCOc1ncccc1C(=O)Nc1cc2c(cc1[N+](=O)[O-])OCCCO2. The van der Waals surface area contributed by atoms with Crippen molar-refractivity contribution < 1.29 is 23.9 Å². The first-order chi connectivity index (χ1) is 12.6. The van der Waals surface area contributed by atoms with Gasteiger partial charge in [-0.1, -0.05) is 0 Å². The van der Waals surface area contributed by atoms with E-state index in [0.29, 0.717) is 32.0 Å². The van der Waals surface area contributed by atoms with Crippen molar-refractivity contribution in [1.82, 2.24) is 4.98 Å². The lowest BCUT2D eigenvalue weighted by Crippen LogP contribution is -2.15. The van der Waals surface area contributed by atoms with Crippen LogP contribution in [0.2, 0.25) is 0 Å². The zero-order valence-corrected chi connectivity index (χ0v) is 14.1. The number of nitrogens with zero attached hydrogens (tertiary/aromatic N) is 2. The van der Waals surface area contributed by atoms with Gasteiger partial charge in [0.1, 0.15) is 11.3 Å². The molecule has 1 amide bonds. The second-order valence-electron chi connectivity index (χ2n) is 5.37. The Morgan fingerprint density at radius 2 is 2.08 bits per heavy atom. The van der Waals surface area contributed by atoms with Crippen LogP contribution in [0.3, 0.4) is 0 Å². The molecule has 2 heterocycles. The lowest BCUT2D eigenvalue weighted by atomic mass is 10.2. The van der Waals surface area contributed by atoms with Gasteiger partial charge in [0.25, 0.3) is 11.6 Å². The number of nitro groups is 1. The molecule has 1 N–H and O–H groups in total. The van der Waals surface area contributed by atoms with E-state index in [1.165, 1.54) is 24.4 Å². The molecule has 0 saturated carbocycles. The summed E-state index contributed by atoms with van der Waals surface area (Å²) in [4.78, 5) is 27.4. The zero-order valence-electron chi connectivity index (χ0n) is 14.1. The topological polar surface area (TPSA) is 113 Å². The van der Waals surface area contributed by atoms with Gasteiger partial charge in [0, 0.05) is 18.7 Å². The Hall–Kier alpha value is -3.36. The number of amides is 1. The van der Waals surface area contributed by atoms with E-state index >= 15 is 0 Å². The van der Waals surface area contributed by atoms with E-state index in [9.17, 15) is 14.9 Å². The molecule has 2 aromatic rings. The summed E-state index contributed by atoms with van der Waals surface area (Å²) in [6.45, 7) is 2.94. The number of anilines is 1. The lowest BCUT2D eigenvalue weighted by Gasteiger charge is -2.12. The van der Waals surface area contributed by atoms with E-state index in [2.05, 4.69) is 10.3 Å². The standard InChI is InChI=1S/C17H17N3O6/c1-2-24-17-11(5-3-6-18-17)16(21)19-12-9-14-15(10-13(12)20(22)23)26-8-4-7-25-14/h3,5-6,9-10H,2,4,7-8H2,1H3,(H,19,21). The monoisotopic (exact) mass is 359 g/mol. The van der Waals surface area contributed by atoms with Crippen molar-refractivity contribution in [2.45, 2.75) is 13.3 Å². The Morgan fingerprint density at radius 3 is 2.77 bits per heavy atom. The van der Waals surface area contributed by atoms with E-state index in [1.807, 2.05) is 0 Å². The molecule has 0 unspecified atom stereocenters. The number of benzene rings is 1. The van der Waals surface area contributed by atoms with Gasteiger partial charge in [-0.2, -0.15) is 0 Å². The minimum atomic E-state index is -0.586. The van der Waals surface area contributed by atoms with Crippen molar-refractivity contribution >= 4 is 17.3 Å². The third-order valence-corrected chi connectivity index (χ3v) is 3.61. The van der Waals surface area contributed by atoms with Gasteiger partial charge in [0.15, 0.2) is 11.5 Å². The molecule has 0 fully saturated rings. The van der Waals surface area contributed by atoms with Crippen LogP contribution in [0, 0.1) is 10.1 Å². The fraction of sp³-hybridized carbons (Fsp3) is 0.294. The van der Waals surface area contributed by atoms with E-state index in [-0.39, 0.29) is 28.6 Å². The highest BCUT2D eigenvalue weighted by atomic mass is 16.6. The van der Waals surface area contributed by atoms with Gasteiger partial charge < -0.3 is 19.5 Å². The summed E-state index contributed by atoms with van der Waals surface area (Å²) in [5.41, 5.74) is -0.101. The maximum absolute atomic E-state index is 12.6. The molecular formula is C17H17N3O6. The van der Waals surface area contributed by atoms with Gasteiger partial charge in [-0.3, -0.25) is 14.9 Å². The molecule has 9 heteroatoms. The van der Waals surface area contributed by atoms with Crippen LogP contribution in [-0.4, -0.2) is 35.6 Å². The highest BCUT2D eigenvalue weighted by Gasteiger charge is 2.24. The van der Waals surface area contributed by atoms with Crippen LogP contribution in [-0.2, 0) is 0 Å². The largest absolute Gasteiger partial charge is 0.489 e. The quantitative estimate of drug-likeness (QED) is 0.645. The van der Waals surface area contributed by atoms with Crippen LogP contribution >= 0.6 is 0 Å². The Bertz CT molecular complexity index is 839. The molecule has 136 valence electrons. The van der Waals surface area contributed by atoms with E-state index < -0.39 is 10.8 Å². The predicted octanol–water partition coefficient (Wildman–Crippen LogP) is 2.80. The van der Waals surface area contributed by atoms with Gasteiger partial charge >= 0.3 is 0 Å². The molecule has 1 aliphatic heterocycles. The lowest BCUT2D eigenvalue weighted by molar-refractivity contribution is -0.384. The number of nitrogens with one attached hydrogen (secondary N) is 1. The molecule has 0 saturated heterocycles. The number of nitro benzene ring substituents is 1. The third kappa shape index (κ3) is 3.66. The first-order valence-corrected chi connectivity index (χ1v) is 8.07. The zero-order chi connectivity index (χ0) is 18.5. The Balaban J connectivity index is 1.95. The molecule has 1 aromatic heterocycles. The maximum Gasteiger partial charge on any atom is 0.296 e. The van der Waals surface area contributed by atoms with Gasteiger partial charge in [0.05, 0.1) is 30.8 Å². The number of hydrogen-bond acceptors (Lipinski definition) is 7. The summed E-state index contributed by atoms with van der Waals surface area (Å²) in [5.74, 6) is 0.215. The van der Waals surface area contributed by atoms with Crippen molar-refractivity contribution in [3.8, 4) is 17.4 Å². The molecule has 0 bridgehead atoms. The molecule has 0 radical (unpaired) electrons. The summed E-state index contributed by atoms with van der Waals surface area (Å²) < 4.78 is 16.3. The molecule has 1 aliphatic rings. The number of aromatic nitrogens is 1. The van der Waals surface area contributed by atoms with Gasteiger partial charge in [-0.15, -0.1) is 0 Å². The normalized spacial score (nSPS) is 12.8. The summed E-state index contributed by atoms with van der Waals surface area (Å²) in [5, 5.41) is 13.9. The summed E-state index contributed by atoms with van der Waals surface area (Å²) >= 11 is 0. The number of ether oxygens (including phenoxy) is 3. The molecule has 0 spiro atoms. The fourth-order valence-corrected chi connectivity index (χ4v) is 2.45. The van der Waals surface area contributed by atoms with E-state index in [4.69, 9.17) is 14.2 Å². The van der Waals surface area contributed by atoms with E-state index in [0.717, 1.165) is 0 Å². The Morgan fingerprint density at radius 1 is 1.35 bits per heavy atom. The maximum atomic E-state index is 12.6. The van der Waals surface area contributed by atoms with Crippen molar-refractivity contribution in [3.05, 3.63) is 46.1 Å². The smallest absolute Gasteiger partial charge is 0.296 e. The first kappa shape index (κ1) is 17.5. The summed E-state index contributed by atoms with van der Waals surface area (Å²) in [6.07, 6.45) is 2.16. The first-order valence-electron chi connectivity index (χ1n) is 8.07. The fourth-order valence-electron chi connectivity index (χ4n) is 2.45. The molecule has 9 nitrogen and oxygen atoms in total. The third-order valence-electron chi connectivity index (χ3n) is 3.61. The number of carbonyl (C=O) groups is 1. The van der Waals surface area contributed by atoms with Gasteiger partial charge in [-0.05, 0) is 19.1 Å². The van der Waals surface area contributed by atoms with E-state index in [1.54, 1.807) is 13.0 Å². The predicted molar refractivity (Wildman–Crippen MR) is 92.1 cm³/mol. The number of fused-ring (bicyclic) bond motifs is 1. The highest BCUT2D eigenvalue weighted by Crippen LogP contribution is 2.39. The van der Waals surface area contributed by atoms with Crippen LogP contribution in [0.4, 0.5) is 11.4 Å². The van der Waals surface area contributed by atoms with Gasteiger partial charge in [-0.25, -0.2) is 4.98 Å². The molecule has 1 aromatic carbocycles. The number of carbonyl (C=O) groups excluding carboxylic acids is 1. The van der Waals surface area contributed by atoms with Crippen molar-refractivity contribution in [3.63, 3.8) is 0 Å². The molecule has 0 aliphatic carbocycles. The average Bonchev–Trinajstić information content (AvgIpc) is 2.86. The second kappa shape index (κ2) is 7.68. The molecule has 3 rings (SSSR count). The number of hydrogen-bond donors (Lipinski definition) is 1. The Kier molecular flexibility index (Phi) is 5.16. The van der Waals surface area contributed by atoms with Crippen molar-refractivity contribution in [1.29, 1.82) is 0 Å². The van der Waals surface area contributed by atoms with Crippen molar-refractivity contribution in [2.75, 3.05) is 25.1 Å². The Labute approximate surface area is 149 Å². The van der Waals surface area contributed by atoms with Crippen molar-refractivity contribution in [2.24, 2.45) is 0 Å². The van der Waals surface area contributed by atoms with Crippen LogP contribution in [0.25, 0.3) is 0 Å².